The van der Waals surface area contributed by atoms with Crippen molar-refractivity contribution in [1.82, 2.24) is 20.5 Å². The van der Waals surface area contributed by atoms with E-state index in [0.717, 1.165) is 48.9 Å². The van der Waals surface area contributed by atoms with Crippen LogP contribution in [0.25, 0.3) is 0 Å². The van der Waals surface area contributed by atoms with Crippen molar-refractivity contribution in [3.63, 3.8) is 0 Å². The number of H-pyrrole nitrogens is 1. The summed E-state index contributed by atoms with van der Waals surface area (Å²) in [7, 11) is 0. The number of hydrogen-bond donors (Lipinski definition) is 2. The van der Waals surface area contributed by atoms with Crippen molar-refractivity contribution in [2.75, 3.05) is 0 Å². The second-order valence-electron chi connectivity index (χ2n) is 5.63. The number of aromatic nitrogens is 3. The standard InChI is InChI=1S/C13H22N4/c1-2-3-12-15-13(17-16-12)8-9-6-10-4-5-11(7-9)14-10/h9-11,14H,2-8H2,1H3,(H,15,16,17). The lowest BCUT2D eigenvalue weighted by Crippen LogP contribution is -2.38. The highest BCUT2D eigenvalue weighted by atomic mass is 15.2. The van der Waals surface area contributed by atoms with Crippen LogP contribution in [0.1, 0.15) is 50.7 Å². The van der Waals surface area contributed by atoms with Crippen LogP contribution < -0.4 is 5.32 Å². The Balaban J connectivity index is 1.58. The Hall–Kier alpha value is -0.900. The van der Waals surface area contributed by atoms with E-state index in [9.17, 15) is 0 Å². The molecular formula is C13H22N4. The highest BCUT2D eigenvalue weighted by molar-refractivity contribution is 4.97. The lowest BCUT2D eigenvalue weighted by molar-refractivity contribution is 0.295. The maximum absolute atomic E-state index is 4.58. The minimum atomic E-state index is 0.775. The summed E-state index contributed by atoms with van der Waals surface area (Å²) in [6.45, 7) is 2.17. The zero-order valence-corrected chi connectivity index (χ0v) is 10.6. The highest BCUT2D eigenvalue weighted by Crippen LogP contribution is 2.32. The van der Waals surface area contributed by atoms with Gasteiger partial charge in [0, 0.05) is 24.9 Å². The Morgan fingerprint density at radius 2 is 2.00 bits per heavy atom. The highest BCUT2D eigenvalue weighted by Gasteiger charge is 2.33. The molecule has 0 aromatic carbocycles. The lowest BCUT2D eigenvalue weighted by atomic mass is 9.89. The number of aromatic amines is 1. The average molecular weight is 234 g/mol. The van der Waals surface area contributed by atoms with Gasteiger partial charge in [-0.1, -0.05) is 6.92 Å². The molecule has 2 aliphatic rings. The van der Waals surface area contributed by atoms with Crippen LogP contribution in [-0.2, 0) is 12.8 Å². The Kier molecular flexibility index (Phi) is 3.14. The Morgan fingerprint density at radius 1 is 1.24 bits per heavy atom. The van der Waals surface area contributed by atoms with Gasteiger partial charge in [-0.15, -0.1) is 0 Å². The first-order chi connectivity index (χ1) is 8.33. The molecule has 2 saturated heterocycles. The van der Waals surface area contributed by atoms with Gasteiger partial charge >= 0.3 is 0 Å². The first-order valence-electron chi connectivity index (χ1n) is 6.99. The third kappa shape index (κ3) is 2.51. The molecule has 4 nitrogen and oxygen atoms in total. The van der Waals surface area contributed by atoms with Crippen LogP contribution >= 0.6 is 0 Å². The van der Waals surface area contributed by atoms with E-state index in [-0.39, 0.29) is 0 Å². The molecule has 0 aliphatic carbocycles. The first kappa shape index (κ1) is 11.2. The molecule has 2 atom stereocenters. The normalized spacial score (nSPS) is 31.9. The second-order valence-corrected chi connectivity index (χ2v) is 5.63. The van der Waals surface area contributed by atoms with E-state index in [1.165, 1.54) is 25.7 Å². The molecule has 2 bridgehead atoms. The van der Waals surface area contributed by atoms with Gasteiger partial charge in [-0.3, -0.25) is 5.10 Å². The van der Waals surface area contributed by atoms with Crippen LogP contribution in [0.2, 0.25) is 0 Å². The molecule has 2 aliphatic heterocycles. The Bertz CT molecular complexity index is 361. The fourth-order valence-corrected chi connectivity index (χ4v) is 3.38. The van der Waals surface area contributed by atoms with Crippen molar-refractivity contribution in [1.29, 1.82) is 0 Å². The predicted molar refractivity (Wildman–Crippen MR) is 66.8 cm³/mol. The number of aryl methyl sites for hydroxylation is 1. The van der Waals surface area contributed by atoms with Crippen LogP contribution in [0.15, 0.2) is 0 Å². The van der Waals surface area contributed by atoms with Gasteiger partial charge in [0.05, 0.1) is 0 Å². The van der Waals surface area contributed by atoms with E-state index >= 15 is 0 Å². The maximum atomic E-state index is 4.58. The van der Waals surface area contributed by atoms with Crippen LogP contribution in [0.5, 0.6) is 0 Å². The van der Waals surface area contributed by atoms with Gasteiger partial charge in [0.25, 0.3) is 0 Å². The molecule has 3 heterocycles. The molecule has 2 N–H and O–H groups in total. The third-order valence-electron chi connectivity index (χ3n) is 4.10. The maximum Gasteiger partial charge on any atom is 0.150 e. The summed E-state index contributed by atoms with van der Waals surface area (Å²) in [5.74, 6) is 2.88. The minimum Gasteiger partial charge on any atom is -0.311 e. The monoisotopic (exact) mass is 234 g/mol. The van der Waals surface area contributed by atoms with Gasteiger partial charge in [-0.05, 0) is 38.0 Å². The van der Waals surface area contributed by atoms with Crippen molar-refractivity contribution < 1.29 is 0 Å². The van der Waals surface area contributed by atoms with Crippen molar-refractivity contribution in [3.05, 3.63) is 11.6 Å². The number of nitrogens with zero attached hydrogens (tertiary/aromatic N) is 2. The molecule has 17 heavy (non-hydrogen) atoms. The van der Waals surface area contributed by atoms with E-state index in [1.54, 1.807) is 0 Å². The molecule has 0 radical (unpaired) electrons. The number of fused-ring (bicyclic) bond motifs is 2. The van der Waals surface area contributed by atoms with Gasteiger partial charge in [0.2, 0.25) is 0 Å². The summed E-state index contributed by atoms with van der Waals surface area (Å²) < 4.78 is 0. The van der Waals surface area contributed by atoms with Gasteiger partial charge in [-0.2, -0.15) is 5.10 Å². The fourth-order valence-electron chi connectivity index (χ4n) is 3.38. The smallest absolute Gasteiger partial charge is 0.150 e. The van der Waals surface area contributed by atoms with Gasteiger partial charge < -0.3 is 5.32 Å². The molecule has 1 aromatic rings. The number of nitrogens with one attached hydrogen (secondary N) is 2. The number of rotatable bonds is 4. The predicted octanol–water partition coefficient (Wildman–Crippen LogP) is 1.83. The molecule has 2 unspecified atom stereocenters. The van der Waals surface area contributed by atoms with Crippen molar-refractivity contribution in [2.24, 2.45) is 5.92 Å². The largest absolute Gasteiger partial charge is 0.311 e. The molecule has 0 spiro atoms. The van der Waals surface area contributed by atoms with Crippen LogP contribution in [0.4, 0.5) is 0 Å². The van der Waals surface area contributed by atoms with Gasteiger partial charge in [0.1, 0.15) is 5.82 Å². The zero-order valence-electron chi connectivity index (χ0n) is 10.6. The van der Waals surface area contributed by atoms with E-state index in [1.807, 2.05) is 0 Å². The molecule has 3 rings (SSSR count). The average Bonchev–Trinajstić information content (AvgIpc) is 2.87. The topological polar surface area (TPSA) is 53.6 Å². The zero-order chi connectivity index (χ0) is 11.7. The van der Waals surface area contributed by atoms with Gasteiger partial charge in [-0.25, -0.2) is 4.98 Å². The van der Waals surface area contributed by atoms with Crippen LogP contribution in [0, 0.1) is 5.92 Å². The fraction of sp³-hybridized carbons (Fsp3) is 0.846. The summed E-state index contributed by atoms with van der Waals surface area (Å²) in [6.07, 6.45) is 8.59. The van der Waals surface area contributed by atoms with Crippen molar-refractivity contribution >= 4 is 0 Å². The summed E-state index contributed by atoms with van der Waals surface area (Å²) >= 11 is 0. The van der Waals surface area contributed by atoms with Crippen molar-refractivity contribution in [3.8, 4) is 0 Å². The molecule has 2 fully saturated rings. The quantitative estimate of drug-likeness (QED) is 0.835. The molecule has 0 saturated carbocycles. The minimum absolute atomic E-state index is 0.775. The summed E-state index contributed by atoms with van der Waals surface area (Å²) in [5, 5.41) is 11.1. The lowest BCUT2D eigenvalue weighted by Gasteiger charge is -2.28. The van der Waals surface area contributed by atoms with E-state index in [4.69, 9.17) is 0 Å². The SMILES string of the molecule is CCCc1n[nH]c(CC2CC3CCC(C2)N3)n1. The third-order valence-corrected chi connectivity index (χ3v) is 4.10. The Labute approximate surface area is 103 Å². The molecule has 4 heteroatoms. The van der Waals surface area contributed by atoms with E-state index < -0.39 is 0 Å². The molecule has 1 aromatic heterocycles. The second kappa shape index (κ2) is 4.77. The summed E-state index contributed by atoms with van der Waals surface area (Å²) in [4.78, 5) is 4.58. The van der Waals surface area contributed by atoms with Crippen LogP contribution in [0.3, 0.4) is 0 Å². The molecule has 0 amide bonds. The Morgan fingerprint density at radius 3 is 2.71 bits per heavy atom. The summed E-state index contributed by atoms with van der Waals surface area (Å²) in [5.41, 5.74) is 0. The number of hydrogen-bond acceptors (Lipinski definition) is 3. The first-order valence-corrected chi connectivity index (χ1v) is 6.99. The van der Waals surface area contributed by atoms with Gasteiger partial charge in [0.15, 0.2) is 5.82 Å². The van der Waals surface area contributed by atoms with E-state index in [0.29, 0.717) is 0 Å². The van der Waals surface area contributed by atoms with Crippen molar-refractivity contribution in [2.45, 2.75) is 64.0 Å². The van der Waals surface area contributed by atoms with E-state index in [2.05, 4.69) is 27.4 Å². The molecular weight excluding hydrogens is 212 g/mol. The van der Waals surface area contributed by atoms with Crippen LogP contribution in [-0.4, -0.2) is 27.3 Å². The molecule has 94 valence electrons. The summed E-state index contributed by atoms with van der Waals surface area (Å²) in [6, 6.07) is 1.55. The number of piperidine rings is 1.